The van der Waals surface area contributed by atoms with E-state index in [2.05, 4.69) is 4.98 Å². The average molecular weight is 234 g/mol. The Morgan fingerprint density at radius 1 is 1.57 bits per heavy atom. The van der Waals surface area contributed by atoms with Crippen molar-refractivity contribution in [1.82, 2.24) is 4.98 Å². The molecular weight excluding hydrogens is 220 g/mol. The number of rotatable bonds is 5. The Balaban J connectivity index is 2.69. The number of nitrogens with two attached hydrogens (primary N) is 1. The van der Waals surface area contributed by atoms with Gasteiger partial charge in [0.2, 0.25) is 0 Å². The molecule has 0 saturated heterocycles. The molecule has 0 aliphatic rings. The summed E-state index contributed by atoms with van der Waals surface area (Å²) >= 11 is 1.37. The van der Waals surface area contributed by atoms with Gasteiger partial charge in [-0.25, -0.2) is 13.4 Å². The highest BCUT2D eigenvalue weighted by Crippen LogP contribution is 2.15. The molecule has 1 rings (SSSR count). The van der Waals surface area contributed by atoms with Gasteiger partial charge in [-0.2, -0.15) is 0 Å². The highest BCUT2D eigenvalue weighted by Gasteiger charge is 2.13. The Hall–Kier alpha value is -0.460. The van der Waals surface area contributed by atoms with Crippen molar-refractivity contribution in [3.8, 4) is 0 Å². The van der Waals surface area contributed by atoms with E-state index in [1.54, 1.807) is 6.20 Å². The van der Waals surface area contributed by atoms with E-state index in [1.165, 1.54) is 11.3 Å². The second-order valence-electron chi connectivity index (χ2n) is 3.02. The zero-order valence-corrected chi connectivity index (χ0v) is 9.70. The lowest BCUT2D eigenvalue weighted by atomic mass is 10.6. The topological polar surface area (TPSA) is 73.0 Å². The summed E-state index contributed by atoms with van der Waals surface area (Å²) in [6.45, 7) is 2.27. The molecule has 0 aliphatic carbocycles. The zero-order valence-electron chi connectivity index (χ0n) is 8.06. The van der Waals surface area contributed by atoms with E-state index in [-0.39, 0.29) is 11.5 Å². The Morgan fingerprint density at radius 2 is 2.29 bits per heavy atom. The first-order valence-corrected chi connectivity index (χ1v) is 7.05. The first-order valence-electron chi connectivity index (χ1n) is 4.41. The molecule has 0 aliphatic heterocycles. The number of aromatic nitrogens is 1. The quantitative estimate of drug-likeness (QED) is 0.822. The second kappa shape index (κ2) is 4.86. The highest BCUT2D eigenvalue weighted by atomic mass is 32.2. The molecule has 0 saturated carbocycles. The zero-order chi connectivity index (χ0) is 10.6. The van der Waals surface area contributed by atoms with Gasteiger partial charge in [0, 0.05) is 17.6 Å². The second-order valence-corrected chi connectivity index (χ2v) is 6.40. The van der Waals surface area contributed by atoms with E-state index >= 15 is 0 Å². The number of thiazole rings is 1. The summed E-state index contributed by atoms with van der Waals surface area (Å²) in [7, 11) is -2.97. The van der Waals surface area contributed by atoms with Crippen LogP contribution in [-0.4, -0.2) is 19.2 Å². The highest BCUT2D eigenvalue weighted by molar-refractivity contribution is 7.90. The molecule has 0 atom stereocenters. The predicted molar refractivity (Wildman–Crippen MR) is 57.8 cm³/mol. The maximum absolute atomic E-state index is 11.4. The standard InChI is InChI=1S/C8H14N2O2S2/c1-2-3-14(11,12)6-8-10-5-7(4-9)13-8/h5H,2-4,6,9H2,1H3. The Morgan fingerprint density at radius 3 is 2.79 bits per heavy atom. The smallest absolute Gasteiger partial charge is 0.156 e. The summed E-state index contributed by atoms with van der Waals surface area (Å²) in [5.41, 5.74) is 5.41. The fraction of sp³-hybridized carbons (Fsp3) is 0.625. The van der Waals surface area contributed by atoms with Crippen LogP contribution in [0.15, 0.2) is 6.20 Å². The molecule has 1 heterocycles. The number of nitrogens with zero attached hydrogens (tertiary/aromatic N) is 1. The van der Waals surface area contributed by atoms with Crippen molar-refractivity contribution >= 4 is 21.2 Å². The minimum atomic E-state index is -2.97. The van der Waals surface area contributed by atoms with Crippen molar-refractivity contribution in [1.29, 1.82) is 0 Å². The van der Waals surface area contributed by atoms with E-state index in [1.807, 2.05) is 6.92 Å². The first-order chi connectivity index (χ1) is 6.57. The van der Waals surface area contributed by atoms with Crippen molar-refractivity contribution in [2.45, 2.75) is 25.6 Å². The molecule has 0 unspecified atom stereocenters. The average Bonchev–Trinajstić information content (AvgIpc) is 2.51. The SMILES string of the molecule is CCCS(=O)(=O)Cc1ncc(CN)s1. The fourth-order valence-electron chi connectivity index (χ4n) is 1.08. The third-order valence-corrected chi connectivity index (χ3v) is 4.61. The summed E-state index contributed by atoms with van der Waals surface area (Å²) in [5.74, 6) is 0.274. The molecule has 0 spiro atoms. The summed E-state index contributed by atoms with van der Waals surface area (Å²) in [6, 6.07) is 0. The van der Waals surface area contributed by atoms with Crippen LogP contribution >= 0.6 is 11.3 Å². The van der Waals surface area contributed by atoms with Crippen LogP contribution in [0.25, 0.3) is 0 Å². The lowest BCUT2D eigenvalue weighted by Gasteiger charge is -1.98. The summed E-state index contributed by atoms with van der Waals surface area (Å²) in [4.78, 5) is 4.94. The van der Waals surface area contributed by atoms with Crippen LogP contribution in [0, 0.1) is 0 Å². The van der Waals surface area contributed by atoms with Gasteiger partial charge in [-0.05, 0) is 6.42 Å². The monoisotopic (exact) mass is 234 g/mol. The van der Waals surface area contributed by atoms with Gasteiger partial charge in [-0.3, -0.25) is 0 Å². The Kier molecular flexibility index (Phi) is 4.03. The maximum atomic E-state index is 11.4. The van der Waals surface area contributed by atoms with E-state index in [9.17, 15) is 8.42 Å². The minimum Gasteiger partial charge on any atom is -0.326 e. The lowest BCUT2D eigenvalue weighted by Crippen LogP contribution is -2.08. The van der Waals surface area contributed by atoms with Gasteiger partial charge in [-0.1, -0.05) is 6.92 Å². The molecule has 0 amide bonds. The van der Waals surface area contributed by atoms with Gasteiger partial charge in [0.25, 0.3) is 0 Å². The van der Waals surface area contributed by atoms with Gasteiger partial charge in [-0.15, -0.1) is 11.3 Å². The normalized spacial score (nSPS) is 11.9. The van der Waals surface area contributed by atoms with Crippen LogP contribution in [0.3, 0.4) is 0 Å². The van der Waals surface area contributed by atoms with Crippen LogP contribution in [-0.2, 0) is 22.1 Å². The largest absolute Gasteiger partial charge is 0.326 e. The van der Waals surface area contributed by atoms with Crippen molar-refractivity contribution in [3.05, 3.63) is 16.1 Å². The van der Waals surface area contributed by atoms with E-state index in [4.69, 9.17) is 5.73 Å². The van der Waals surface area contributed by atoms with E-state index in [0.717, 1.165) is 4.88 Å². The number of hydrogen-bond acceptors (Lipinski definition) is 5. The molecule has 0 bridgehead atoms. The molecule has 1 aromatic heterocycles. The molecule has 0 aromatic carbocycles. The van der Waals surface area contributed by atoms with Gasteiger partial charge >= 0.3 is 0 Å². The minimum absolute atomic E-state index is 0.0471. The fourth-order valence-corrected chi connectivity index (χ4v) is 3.67. The molecule has 6 heteroatoms. The van der Waals surface area contributed by atoms with Crippen LogP contribution < -0.4 is 5.73 Å². The third-order valence-electron chi connectivity index (χ3n) is 1.66. The van der Waals surface area contributed by atoms with E-state index < -0.39 is 9.84 Å². The molecule has 80 valence electrons. The van der Waals surface area contributed by atoms with Gasteiger partial charge in [0.1, 0.15) is 10.8 Å². The molecule has 2 N–H and O–H groups in total. The lowest BCUT2D eigenvalue weighted by molar-refractivity contribution is 0.594. The van der Waals surface area contributed by atoms with Crippen LogP contribution in [0.2, 0.25) is 0 Å². The van der Waals surface area contributed by atoms with Gasteiger partial charge in [0.15, 0.2) is 9.84 Å². The Bertz CT molecular complexity index is 384. The van der Waals surface area contributed by atoms with Crippen molar-refractivity contribution in [2.75, 3.05) is 5.75 Å². The molecule has 4 nitrogen and oxygen atoms in total. The van der Waals surface area contributed by atoms with Gasteiger partial charge in [0.05, 0.1) is 5.75 Å². The van der Waals surface area contributed by atoms with Crippen molar-refractivity contribution < 1.29 is 8.42 Å². The predicted octanol–water partition coefficient (Wildman–Crippen LogP) is 0.927. The van der Waals surface area contributed by atoms with Gasteiger partial charge < -0.3 is 5.73 Å². The maximum Gasteiger partial charge on any atom is 0.156 e. The Labute approximate surface area is 88.1 Å². The number of sulfone groups is 1. The molecule has 0 radical (unpaired) electrons. The molecular formula is C8H14N2O2S2. The van der Waals surface area contributed by atoms with Crippen LogP contribution in [0.4, 0.5) is 0 Å². The first kappa shape index (κ1) is 11.6. The van der Waals surface area contributed by atoms with Crippen molar-refractivity contribution in [2.24, 2.45) is 5.73 Å². The third kappa shape index (κ3) is 3.36. The molecule has 0 fully saturated rings. The molecule has 14 heavy (non-hydrogen) atoms. The summed E-state index contributed by atoms with van der Waals surface area (Å²) < 4.78 is 22.9. The van der Waals surface area contributed by atoms with Crippen LogP contribution in [0.1, 0.15) is 23.2 Å². The summed E-state index contributed by atoms with van der Waals surface area (Å²) in [5, 5.41) is 0.638. The number of hydrogen-bond donors (Lipinski definition) is 1. The molecule has 1 aromatic rings. The van der Waals surface area contributed by atoms with E-state index in [0.29, 0.717) is 18.0 Å². The van der Waals surface area contributed by atoms with Crippen molar-refractivity contribution in [3.63, 3.8) is 0 Å². The summed E-state index contributed by atoms with van der Waals surface area (Å²) in [6.07, 6.45) is 2.29. The van der Waals surface area contributed by atoms with Crippen LogP contribution in [0.5, 0.6) is 0 Å².